The molecular formula is C13H13F2NO5. The predicted molar refractivity (Wildman–Crippen MR) is 66.8 cm³/mol. The van der Waals surface area contributed by atoms with Crippen molar-refractivity contribution in [2.24, 2.45) is 0 Å². The Balaban J connectivity index is 2.60. The summed E-state index contributed by atoms with van der Waals surface area (Å²) in [6, 6.07) is 0.678. The molecule has 1 N–H and O–H groups in total. The first kappa shape index (κ1) is 15.1. The molecular weight excluding hydrogens is 288 g/mol. The number of alkyl halides is 2. The average molecular weight is 301 g/mol. The number of esters is 1. The second-order valence-electron chi connectivity index (χ2n) is 4.74. The van der Waals surface area contributed by atoms with Crippen LogP contribution in [0.4, 0.5) is 8.78 Å². The van der Waals surface area contributed by atoms with Crippen molar-refractivity contribution in [2.75, 3.05) is 6.61 Å². The van der Waals surface area contributed by atoms with Crippen molar-refractivity contribution < 1.29 is 28.2 Å². The van der Waals surface area contributed by atoms with Crippen LogP contribution in [0, 0.1) is 0 Å². The molecule has 0 aromatic carbocycles. The zero-order chi connectivity index (χ0) is 15.8. The molecule has 8 heteroatoms. The third-order valence-corrected chi connectivity index (χ3v) is 3.43. The van der Waals surface area contributed by atoms with Gasteiger partial charge in [0.25, 0.3) is 12.0 Å². The third-order valence-electron chi connectivity index (χ3n) is 3.43. The minimum Gasteiger partial charge on any atom is -0.478 e. The van der Waals surface area contributed by atoms with E-state index in [9.17, 15) is 23.2 Å². The quantitative estimate of drug-likeness (QED) is 0.832. The van der Waals surface area contributed by atoms with Crippen LogP contribution in [0.1, 0.15) is 40.5 Å². The number of carbonyl (C=O) groups is 2. The third kappa shape index (κ3) is 2.53. The van der Waals surface area contributed by atoms with Crippen molar-refractivity contribution in [3.05, 3.63) is 33.7 Å². The molecule has 0 saturated heterocycles. The topological polar surface area (TPSA) is 85.6 Å². The zero-order valence-electron chi connectivity index (χ0n) is 11.1. The lowest BCUT2D eigenvalue weighted by Crippen LogP contribution is -2.36. The van der Waals surface area contributed by atoms with E-state index in [0.717, 1.165) is 10.8 Å². The molecule has 2 rings (SSSR count). The summed E-state index contributed by atoms with van der Waals surface area (Å²) in [5.41, 5.74) is -3.48. The molecule has 0 spiro atoms. The van der Waals surface area contributed by atoms with E-state index in [1.54, 1.807) is 0 Å². The number of carboxylic acids is 1. The van der Waals surface area contributed by atoms with Gasteiger partial charge in [-0.3, -0.25) is 4.79 Å². The number of carboxylic acid groups (broad SMARTS) is 1. The molecule has 0 amide bonds. The van der Waals surface area contributed by atoms with Gasteiger partial charge in [-0.1, -0.05) is 0 Å². The number of rotatable bonds is 5. The van der Waals surface area contributed by atoms with E-state index in [1.807, 2.05) is 0 Å². The molecule has 114 valence electrons. The molecule has 1 aliphatic rings. The van der Waals surface area contributed by atoms with Crippen LogP contribution in [0.3, 0.4) is 0 Å². The van der Waals surface area contributed by atoms with Crippen LogP contribution in [0.5, 0.6) is 0 Å². The van der Waals surface area contributed by atoms with Gasteiger partial charge in [0.1, 0.15) is 5.54 Å². The second-order valence-corrected chi connectivity index (χ2v) is 4.74. The Morgan fingerprint density at radius 1 is 1.43 bits per heavy atom. The normalized spacial score (nSPS) is 15.8. The maximum atomic E-state index is 13.1. The van der Waals surface area contributed by atoms with Gasteiger partial charge in [-0.2, -0.15) is 0 Å². The molecule has 1 saturated carbocycles. The molecule has 0 bridgehead atoms. The number of aromatic nitrogens is 1. The highest BCUT2D eigenvalue weighted by atomic mass is 19.3. The first-order valence-electron chi connectivity index (χ1n) is 6.29. The number of ether oxygens (including phenoxy) is 1. The van der Waals surface area contributed by atoms with Crippen molar-refractivity contribution >= 4 is 11.9 Å². The van der Waals surface area contributed by atoms with E-state index in [1.165, 1.54) is 6.92 Å². The van der Waals surface area contributed by atoms with E-state index in [4.69, 9.17) is 9.84 Å². The number of aromatic carboxylic acids is 1. The Kier molecular flexibility index (Phi) is 3.80. The average Bonchev–Trinajstić information content (AvgIpc) is 3.19. The molecule has 0 aliphatic heterocycles. The molecule has 6 nitrogen and oxygen atoms in total. The fraction of sp³-hybridized carbons (Fsp3) is 0.462. The molecule has 1 aromatic heterocycles. The number of hydrogen-bond acceptors (Lipinski definition) is 4. The fourth-order valence-electron chi connectivity index (χ4n) is 2.12. The van der Waals surface area contributed by atoms with E-state index in [2.05, 4.69) is 0 Å². The Hall–Kier alpha value is -2.25. The molecule has 1 heterocycles. The van der Waals surface area contributed by atoms with E-state index in [-0.39, 0.29) is 19.4 Å². The van der Waals surface area contributed by atoms with Crippen LogP contribution >= 0.6 is 0 Å². The predicted octanol–water partition coefficient (Wildman–Crippen LogP) is 1.48. The van der Waals surface area contributed by atoms with E-state index < -0.39 is 40.6 Å². The Morgan fingerprint density at radius 3 is 2.48 bits per heavy atom. The molecule has 1 aromatic rings. The van der Waals surface area contributed by atoms with E-state index >= 15 is 0 Å². The molecule has 0 radical (unpaired) electrons. The number of carbonyl (C=O) groups excluding carboxylic acids is 1. The summed E-state index contributed by atoms with van der Waals surface area (Å²) >= 11 is 0. The largest absolute Gasteiger partial charge is 0.478 e. The summed E-state index contributed by atoms with van der Waals surface area (Å²) in [4.78, 5) is 34.7. The summed E-state index contributed by atoms with van der Waals surface area (Å²) in [6.07, 6.45) is -1.72. The fourth-order valence-corrected chi connectivity index (χ4v) is 2.12. The lowest BCUT2D eigenvalue weighted by molar-refractivity contribution is 0.0502. The number of pyridine rings is 1. The van der Waals surface area contributed by atoms with Crippen molar-refractivity contribution in [1.29, 1.82) is 0 Å². The van der Waals surface area contributed by atoms with Gasteiger partial charge in [0.15, 0.2) is 0 Å². The summed E-state index contributed by atoms with van der Waals surface area (Å²) in [5, 5.41) is 9.02. The Labute approximate surface area is 117 Å². The minimum absolute atomic E-state index is 0.00297. The molecule has 1 aliphatic carbocycles. The number of hydrogen-bond donors (Lipinski definition) is 1. The first-order valence-corrected chi connectivity index (χ1v) is 6.29. The van der Waals surface area contributed by atoms with Gasteiger partial charge in [0, 0.05) is 12.3 Å². The summed E-state index contributed by atoms with van der Waals surface area (Å²) < 4.78 is 31.6. The van der Waals surface area contributed by atoms with Crippen molar-refractivity contribution in [1.82, 2.24) is 4.57 Å². The van der Waals surface area contributed by atoms with Gasteiger partial charge in [-0.15, -0.1) is 0 Å². The monoisotopic (exact) mass is 301 g/mol. The van der Waals surface area contributed by atoms with Crippen molar-refractivity contribution in [2.45, 2.75) is 31.7 Å². The lowest BCUT2D eigenvalue weighted by atomic mass is 10.1. The van der Waals surface area contributed by atoms with Gasteiger partial charge in [-0.05, 0) is 19.8 Å². The maximum absolute atomic E-state index is 13.1. The highest BCUT2D eigenvalue weighted by molar-refractivity contribution is 6.02. The zero-order valence-corrected chi connectivity index (χ0v) is 11.1. The van der Waals surface area contributed by atoms with Crippen LogP contribution in [-0.4, -0.2) is 34.6 Å². The molecule has 0 atom stereocenters. The van der Waals surface area contributed by atoms with Crippen molar-refractivity contribution in [3.63, 3.8) is 0 Å². The van der Waals surface area contributed by atoms with Gasteiger partial charge in [0.2, 0.25) is 0 Å². The SMILES string of the molecule is CCOC(=O)c1cn(C2(C(F)F)CC2)c(=O)cc1C(=O)O. The highest BCUT2D eigenvalue weighted by Crippen LogP contribution is 2.47. The van der Waals surface area contributed by atoms with Crippen molar-refractivity contribution in [3.8, 4) is 0 Å². The summed E-state index contributed by atoms with van der Waals surface area (Å²) in [7, 11) is 0. The summed E-state index contributed by atoms with van der Waals surface area (Å²) in [5.74, 6) is -2.46. The molecule has 1 fully saturated rings. The minimum atomic E-state index is -2.78. The van der Waals surface area contributed by atoms with Crippen LogP contribution in [0.25, 0.3) is 0 Å². The van der Waals surface area contributed by atoms with Gasteiger partial charge < -0.3 is 14.4 Å². The first-order chi connectivity index (χ1) is 9.83. The Morgan fingerprint density at radius 2 is 2.05 bits per heavy atom. The highest BCUT2D eigenvalue weighted by Gasteiger charge is 2.53. The van der Waals surface area contributed by atoms with Crippen LogP contribution < -0.4 is 5.56 Å². The maximum Gasteiger partial charge on any atom is 0.340 e. The number of nitrogens with zero attached hydrogens (tertiary/aromatic N) is 1. The van der Waals surface area contributed by atoms with Gasteiger partial charge in [-0.25, -0.2) is 18.4 Å². The standard InChI is InChI=1S/C13H13F2NO5/c1-2-21-11(20)8-6-16(13(3-4-13)12(14)15)9(17)5-7(8)10(18)19/h5-6,12H,2-4H2,1H3,(H,18,19). The lowest BCUT2D eigenvalue weighted by Gasteiger charge is -2.19. The van der Waals surface area contributed by atoms with E-state index in [0.29, 0.717) is 6.07 Å². The van der Waals surface area contributed by atoms with Crippen LogP contribution in [0.2, 0.25) is 0 Å². The smallest absolute Gasteiger partial charge is 0.340 e. The molecule has 0 unspecified atom stereocenters. The second kappa shape index (κ2) is 5.27. The van der Waals surface area contributed by atoms with Crippen LogP contribution in [0.15, 0.2) is 17.1 Å². The Bertz CT molecular complexity index is 648. The van der Waals surface area contributed by atoms with Crippen LogP contribution in [-0.2, 0) is 10.3 Å². The number of halogens is 2. The summed E-state index contributed by atoms with van der Waals surface area (Å²) in [6.45, 7) is 1.52. The van der Waals surface area contributed by atoms with Gasteiger partial charge in [0.05, 0.1) is 17.7 Å². The van der Waals surface area contributed by atoms with Gasteiger partial charge >= 0.3 is 11.9 Å². The molecule has 21 heavy (non-hydrogen) atoms.